The number of nitro benzene ring substituents is 1. The standard InChI is InChI=1S/C30H31N3O6/c1-20-17-24(39-19-21-9-5-4-6-10-21)13-14-25(20)28(34)26-27(22-11-7-12-23(18-22)33(37)38)32(30(36)29(26)35)16-8-15-31(2)3/h4-7,9-14,17-18,27,34H,8,15-16,19H2,1-3H3/t27-/m0/s1. The average molecular weight is 530 g/mol. The van der Waals surface area contributed by atoms with Crippen LogP contribution in [-0.4, -0.2) is 58.7 Å². The summed E-state index contributed by atoms with van der Waals surface area (Å²) >= 11 is 0. The molecule has 1 aliphatic rings. The molecule has 0 unspecified atom stereocenters. The molecule has 1 amide bonds. The maximum Gasteiger partial charge on any atom is 0.295 e. The Balaban J connectivity index is 1.72. The molecule has 1 atom stereocenters. The maximum atomic E-state index is 13.3. The molecule has 3 aromatic carbocycles. The van der Waals surface area contributed by atoms with Crippen LogP contribution in [0.5, 0.6) is 5.75 Å². The summed E-state index contributed by atoms with van der Waals surface area (Å²) in [6.07, 6.45) is 0.581. The van der Waals surface area contributed by atoms with E-state index < -0.39 is 22.7 Å². The smallest absolute Gasteiger partial charge is 0.295 e. The van der Waals surface area contributed by atoms with E-state index in [0.717, 1.165) is 5.56 Å². The normalized spacial score (nSPS) is 16.6. The lowest BCUT2D eigenvalue weighted by Crippen LogP contribution is -2.32. The van der Waals surface area contributed by atoms with Crippen molar-refractivity contribution < 1.29 is 24.4 Å². The zero-order chi connectivity index (χ0) is 28.1. The number of hydrogen-bond acceptors (Lipinski definition) is 7. The molecule has 1 fully saturated rings. The van der Waals surface area contributed by atoms with Crippen LogP contribution in [0, 0.1) is 17.0 Å². The molecule has 1 N–H and O–H groups in total. The Kier molecular flexibility index (Phi) is 8.41. The monoisotopic (exact) mass is 529 g/mol. The number of Topliss-reactive ketones (excluding diaryl/α,β-unsaturated/α-hetero) is 1. The topological polar surface area (TPSA) is 113 Å². The van der Waals surface area contributed by atoms with Crippen molar-refractivity contribution in [3.05, 3.63) is 111 Å². The molecule has 0 saturated carbocycles. The van der Waals surface area contributed by atoms with Crippen LogP contribution in [0.3, 0.4) is 0 Å². The van der Waals surface area contributed by atoms with Gasteiger partial charge >= 0.3 is 0 Å². The molecule has 39 heavy (non-hydrogen) atoms. The third-order valence-electron chi connectivity index (χ3n) is 6.64. The molecule has 0 radical (unpaired) electrons. The first-order chi connectivity index (χ1) is 18.7. The van der Waals surface area contributed by atoms with Crippen LogP contribution in [0.25, 0.3) is 5.76 Å². The predicted octanol–water partition coefficient (Wildman–Crippen LogP) is 4.86. The highest BCUT2D eigenvalue weighted by Gasteiger charge is 2.46. The summed E-state index contributed by atoms with van der Waals surface area (Å²) in [5.41, 5.74) is 2.16. The second kappa shape index (κ2) is 11.9. The second-order valence-electron chi connectivity index (χ2n) is 9.75. The van der Waals surface area contributed by atoms with Gasteiger partial charge in [0.15, 0.2) is 0 Å². The van der Waals surface area contributed by atoms with E-state index in [0.29, 0.717) is 42.0 Å². The van der Waals surface area contributed by atoms with Gasteiger partial charge in [-0.3, -0.25) is 19.7 Å². The Morgan fingerprint density at radius 1 is 1.05 bits per heavy atom. The van der Waals surface area contributed by atoms with E-state index >= 15 is 0 Å². The van der Waals surface area contributed by atoms with Crippen molar-refractivity contribution in [2.24, 2.45) is 0 Å². The molecule has 4 rings (SSSR count). The van der Waals surface area contributed by atoms with Crippen LogP contribution in [0.4, 0.5) is 5.69 Å². The fourth-order valence-corrected chi connectivity index (χ4v) is 4.70. The van der Waals surface area contributed by atoms with Crippen molar-refractivity contribution in [3.8, 4) is 5.75 Å². The molecule has 0 spiro atoms. The van der Waals surface area contributed by atoms with Gasteiger partial charge in [-0.05, 0) is 68.9 Å². The second-order valence-corrected chi connectivity index (χ2v) is 9.75. The first kappa shape index (κ1) is 27.5. The fraction of sp³-hybridized carbons (Fsp3) is 0.267. The van der Waals surface area contributed by atoms with Gasteiger partial charge in [0.25, 0.3) is 17.4 Å². The van der Waals surface area contributed by atoms with Crippen LogP contribution in [0.1, 0.15) is 34.7 Å². The van der Waals surface area contributed by atoms with Crippen molar-refractivity contribution in [2.45, 2.75) is 26.0 Å². The molecule has 9 nitrogen and oxygen atoms in total. The molecule has 9 heteroatoms. The average Bonchev–Trinajstić information content (AvgIpc) is 3.17. The van der Waals surface area contributed by atoms with Gasteiger partial charge in [0.2, 0.25) is 0 Å². The van der Waals surface area contributed by atoms with Crippen molar-refractivity contribution in [1.82, 2.24) is 9.80 Å². The number of aliphatic hydroxyl groups is 1. The molecule has 202 valence electrons. The van der Waals surface area contributed by atoms with Crippen LogP contribution in [0.15, 0.2) is 78.4 Å². The number of aliphatic hydroxyl groups excluding tert-OH is 1. The number of ketones is 1. The third-order valence-corrected chi connectivity index (χ3v) is 6.64. The van der Waals surface area contributed by atoms with Crippen molar-refractivity contribution in [3.63, 3.8) is 0 Å². The number of aryl methyl sites for hydroxylation is 1. The Hall–Kier alpha value is -4.50. The number of likely N-dealkylation sites (tertiary alicyclic amines) is 1. The lowest BCUT2D eigenvalue weighted by atomic mass is 9.93. The number of non-ortho nitro benzene ring substituents is 1. The van der Waals surface area contributed by atoms with Crippen LogP contribution >= 0.6 is 0 Å². The quantitative estimate of drug-likeness (QED) is 0.131. The Labute approximate surface area is 227 Å². The molecular weight excluding hydrogens is 498 g/mol. The lowest BCUT2D eigenvalue weighted by molar-refractivity contribution is -0.384. The Morgan fingerprint density at radius 2 is 1.79 bits per heavy atom. The summed E-state index contributed by atoms with van der Waals surface area (Å²) in [6, 6.07) is 19.7. The van der Waals surface area contributed by atoms with Crippen molar-refractivity contribution in [2.75, 3.05) is 27.2 Å². The number of ether oxygens (including phenoxy) is 1. The molecule has 1 heterocycles. The van der Waals surface area contributed by atoms with E-state index in [1.54, 1.807) is 31.2 Å². The van der Waals surface area contributed by atoms with Gasteiger partial charge in [-0.15, -0.1) is 0 Å². The Bertz CT molecular complexity index is 1420. The van der Waals surface area contributed by atoms with Crippen LogP contribution in [-0.2, 0) is 16.2 Å². The number of carbonyl (C=O) groups is 2. The Morgan fingerprint density at radius 3 is 2.46 bits per heavy atom. The molecule has 1 aliphatic heterocycles. The molecule has 0 bridgehead atoms. The highest BCUT2D eigenvalue weighted by molar-refractivity contribution is 6.46. The summed E-state index contributed by atoms with van der Waals surface area (Å²) in [4.78, 5) is 40.7. The number of carbonyl (C=O) groups excluding carboxylic acids is 2. The minimum absolute atomic E-state index is 0.0913. The number of amides is 1. The van der Waals surface area contributed by atoms with Gasteiger partial charge in [-0.25, -0.2) is 0 Å². The molecule has 3 aromatic rings. The highest BCUT2D eigenvalue weighted by atomic mass is 16.6. The van der Waals surface area contributed by atoms with Gasteiger partial charge in [0.05, 0.1) is 16.5 Å². The molecule has 0 aliphatic carbocycles. The highest BCUT2D eigenvalue weighted by Crippen LogP contribution is 2.41. The first-order valence-electron chi connectivity index (χ1n) is 12.6. The number of rotatable bonds is 10. The first-order valence-corrected chi connectivity index (χ1v) is 12.6. The maximum absolute atomic E-state index is 13.3. The number of nitro groups is 1. The third kappa shape index (κ3) is 6.15. The van der Waals surface area contributed by atoms with E-state index in [1.165, 1.54) is 23.1 Å². The summed E-state index contributed by atoms with van der Waals surface area (Å²) in [5, 5.41) is 22.9. The lowest BCUT2D eigenvalue weighted by Gasteiger charge is -2.26. The van der Waals surface area contributed by atoms with Crippen LogP contribution < -0.4 is 4.74 Å². The van der Waals surface area contributed by atoms with E-state index in [1.807, 2.05) is 49.3 Å². The summed E-state index contributed by atoms with van der Waals surface area (Å²) < 4.78 is 5.88. The van der Waals surface area contributed by atoms with Gasteiger partial charge in [-0.1, -0.05) is 42.5 Å². The van der Waals surface area contributed by atoms with E-state index in [-0.39, 0.29) is 23.6 Å². The van der Waals surface area contributed by atoms with E-state index in [2.05, 4.69) is 0 Å². The summed E-state index contributed by atoms with van der Waals surface area (Å²) in [7, 11) is 3.81. The zero-order valence-corrected chi connectivity index (χ0v) is 22.2. The summed E-state index contributed by atoms with van der Waals surface area (Å²) in [5.74, 6) is -1.30. The van der Waals surface area contributed by atoms with Gasteiger partial charge in [0.1, 0.15) is 18.1 Å². The molecular formula is C30H31N3O6. The summed E-state index contributed by atoms with van der Waals surface area (Å²) in [6.45, 7) is 3.07. The van der Waals surface area contributed by atoms with E-state index in [9.17, 15) is 24.8 Å². The van der Waals surface area contributed by atoms with Gasteiger partial charge in [0, 0.05) is 24.2 Å². The van der Waals surface area contributed by atoms with Crippen molar-refractivity contribution in [1.29, 1.82) is 0 Å². The minimum Gasteiger partial charge on any atom is -0.507 e. The van der Waals surface area contributed by atoms with Crippen molar-refractivity contribution >= 4 is 23.1 Å². The SMILES string of the molecule is Cc1cc(OCc2ccccc2)ccc1C(O)=C1C(=O)C(=O)N(CCCN(C)C)[C@H]1c1cccc([N+](=O)[O-])c1. The largest absolute Gasteiger partial charge is 0.507 e. The fourth-order valence-electron chi connectivity index (χ4n) is 4.70. The van der Waals surface area contributed by atoms with Gasteiger partial charge in [-0.2, -0.15) is 0 Å². The van der Waals surface area contributed by atoms with Crippen LogP contribution in [0.2, 0.25) is 0 Å². The minimum atomic E-state index is -0.958. The zero-order valence-electron chi connectivity index (χ0n) is 22.2. The molecule has 0 aromatic heterocycles. The number of nitrogens with zero attached hydrogens (tertiary/aromatic N) is 3. The van der Waals surface area contributed by atoms with Gasteiger partial charge < -0.3 is 19.6 Å². The number of hydrogen-bond donors (Lipinski definition) is 1. The molecule has 1 saturated heterocycles. The van der Waals surface area contributed by atoms with E-state index in [4.69, 9.17) is 4.74 Å². The number of benzene rings is 3. The predicted molar refractivity (Wildman–Crippen MR) is 147 cm³/mol.